The molecule has 0 fully saturated rings. The van der Waals surface area contributed by atoms with Gasteiger partial charge in [0.05, 0.1) is 26.4 Å². The summed E-state index contributed by atoms with van der Waals surface area (Å²) in [4.78, 5) is 31.8. The van der Waals surface area contributed by atoms with E-state index < -0.39 is 0 Å². The number of carbonyl (C=O) groups excluding carboxylic acids is 3. The van der Waals surface area contributed by atoms with Crippen molar-refractivity contribution in [2.24, 2.45) is 0 Å². The third kappa shape index (κ3) is 14.5. The standard InChI is InChI=1S/C12H22N2O5/c1-11(16)2-3-12(17)14-5-7-19-9-8-18-6-4-13-10-15/h10H,2-9H2,1H3,(H,13,15)(H,14,17). The van der Waals surface area contributed by atoms with E-state index in [0.29, 0.717) is 45.9 Å². The van der Waals surface area contributed by atoms with Gasteiger partial charge in [0.1, 0.15) is 5.78 Å². The van der Waals surface area contributed by atoms with Crippen LogP contribution in [0.3, 0.4) is 0 Å². The van der Waals surface area contributed by atoms with Crippen LogP contribution in [0.1, 0.15) is 19.8 Å². The van der Waals surface area contributed by atoms with Gasteiger partial charge >= 0.3 is 0 Å². The van der Waals surface area contributed by atoms with Gasteiger partial charge in [-0.05, 0) is 6.92 Å². The molecule has 0 aromatic carbocycles. The fourth-order valence-corrected chi connectivity index (χ4v) is 1.15. The minimum Gasteiger partial charge on any atom is -0.377 e. The second-order valence-corrected chi connectivity index (χ2v) is 3.85. The van der Waals surface area contributed by atoms with Crippen LogP contribution in [-0.2, 0) is 23.9 Å². The molecule has 0 aliphatic rings. The van der Waals surface area contributed by atoms with E-state index in [-0.39, 0.29) is 24.5 Å². The lowest BCUT2D eigenvalue weighted by Crippen LogP contribution is -2.27. The highest BCUT2D eigenvalue weighted by molar-refractivity contribution is 5.83. The van der Waals surface area contributed by atoms with Crippen molar-refractivity contribution in [2.45, 2.75) is 19.8 Å². The third-order valence-electron chi connectivity index (χ3n) is 2.12. The molecule has 0 aromatic heterocycles. The van der Waals surface area contributed by atoms with Crippen molar-refractivity contribution >= 4 is 18.1 Å². The van der Waals surface area contributed by atoms with Crippen LogP contribution >= 0.6 is 0 Å². The first kappa shape index (κ1) is 17.5. The Labute approximate surface area is 113 Å². The fraction of sp³-hybridized carbons (Fsp3) is 0.750. The molecule has 0 atom stereocenters. The first-order valence-corrected chi connectivity index (χ1v) is 6.25. The molecule has 2 amide bonds. The number of carbonyl (C=O) groups is 3. The summed E-state index contributed by atoms with van der Waals surface area (Å²) >= 11 is 0. The van der Waals surface area contributed by atoms with Crippen LogP contribution in [0.2, 0.25) is 0 Å². The lowest BCUT2D eigenvalue weighted by molar-refractivity contribution is -0.124. The average Bonchev–Trinajstić information content (AvgIpc) is 2.38. The summed E-state index contributed by atoms with van der Waals surface area (Å²) in [5.74, 6) is -0.136. The zero-order valence-corrected chi connectivity index (χ0v) is 11.3. The summed E-state index contributed by atoms with van der Waals surface area (Å²) in [6.45, 7) is 4.09. The van der Waals surface area contributed by atoms with Crippen molar-refractivity contribution in [1.82, 2.24) is 10.6 Å². The number of hydrogen-bond donors (Lipinski definition) is 2. The molecule has 0 aliphatic heterocycles. The predicted molar refractivity (Wildman–Crippen MR) is 68.6 cm³/mol. The molecule has 19 heavy (non-hydrogen) atoms. The lowest BCUT2D eigenvalue weighted by Gasteiger charge is -2.06. The molecule has 0 saturated carbocycles. The molecule has 2 N–H and O–H groups in total. The molecule has 0 bridgehead atoms. The van der Waals surface area contributed by atoms with E-state index in [1.165, 1.54) is 6.92 Å². The van der Waals surface area contributed by atoms with E-state index in [1.807, 2.05) is 0 Å². The lowest BCUT2D eigenvalue weighted by atomic mass is 10.2. The van der Waals surface area contributed by atoms with Crippen LogP contribution < -0.4 is 10.6 Å². The normalized spacial score (nSPS) is 9.95. The third-order valence-corrected chi connectivity index (χ3v) is 2.12. The van der Waals surface area contributed by atoms with Gasteiger partial charge in [0, 0.05) is 25.9 Å². The molecule has 0 aromatic rings. The molecule has 0 saturated heterocycles. The van der Waals surface area contributed by atoms with Crippen LogP contribution in [0.25, 0.3) is 0 Å². The van der Waals surface area contributed by atoms with E-state index in [2.05, 4.69) is 10.6 Å². The number of Topliss-reactive ketones (excluding diaryl/α,β-unsaturated/α-hetero) is 1. The summed E-state index contributed by atoms with van der Waals surface area (Å²) in [6, 6.07) is 0. The Morgan fingerprint density at radius 3 is 2.21 bits per heavy atom. The first-order valence-electron chi connectivity index (χ1n) is 6.25. The molecular formula is C12H22N2O5. The van der Waals surface area contributed by atoms with Gasteiger partial charge in [0.15, 0.2) is 0 Å². The van der Waals surface area contributed by atoms with Crippen molar-refractivity contribution in [2.75, 3.05) is 39.5 Å². The highest BCUT2D eigenvalue weighted by Crippen LogP contribution is 1.89. The van der Waals surface area contributed by atoms with Gasteiger partial charge in [-0.25, -0.2) is 0 Å². The number of rotatable bonds is 13. The van der Waals surface area contributed by atoms with Crippen LogP contribution in [0.4, 0.5) is 0 Å². The Balaban J connectivity index is 3.15. The summed E-state index contributed by atoms with van der Waals surface area (Å²) in [5, 5.41) is 5.12. The SMILES string of the molecule is CC(=O)CCC(=O)NCCOCCOCCNC=O. The molecular weight excluding hydrogens is 252 g/mol. The summed E-state index contributed by atoms with van der Waals surface area (Å²) in [7, 11) is 0. The Kier molecular flexibility index (Phi) is 12.0. The number of ether oxygens (including phenoxy) is 2. The van der Waals surface area contributed by atoms with Gasteiger partial charge in [-0.3, -0.25) is 9.59 Å². The van der Waals surface area contributed by atoms with E-state index in [1.54, 1.807) is 0 Å². The molecule has 0 spiro atoms. The van der Waals surface area contributed by atoms with E-state index in [4.69, 9.17) is 9.47 Å². The highest BCUT2D eigenvalue weighted by atomic mass is 16.5. The van der Waals surface area contributed by atoms with Crippen molar-refractivity contribution in [3.05, 3.63) is 0 Å². The molecule has 110 valence electrons. The smallest absolute Gasteiger partial charge is 0.220 e. The molecule has 7 heteroatoms. The Hall–Kier alpha value is -1.47. The number of ketones is 1. The van der Waals surface area contributed by atoms with Crippen molar-refractivity contribution in [1.29, 1.82) is 0 Å². The fourth-order valence-electron chi connectivity index (χ4n) is 1.15. The first-order chi connectivity index (χ1) is 9.16. The van der Waals surface area contributed by atoms with Gasteiger partial charge in [-0.15, -0.1) is 0 Å². The second kappa shape index (κ2) is 13.0. The second-order valence-electron chi connectivity index (χ2n) is 3.85. The van der Waals surface area contributed by atoms with Gasteiger partial charge in [-0.1, -0.05) is 0 Å². The number of hydrogen-bond acceptors (Lipinski definition) is 5. The summed E-state index contributed by atoms with van der Waals surface area (Å²) in [5.41, 5.74) is 0. The van der Waals surface area contributed by atoms with Gasteiger partial charge in [0.25, 0.3) is 0 Å². The zero-order valence-electron chi connectivity index (χ0n) is 11.3. The van der Waals surface area contributed by atoms with Crippen molar-refractivity contribution in [3.63, 3.8) is 0 Å². The van der Waals surface area contributed by atoms with Crippen molar-refractivity contribution < 1.29 is 23.9 Å². The molecule has 0 unspecified atom stereocenters. The number of amides is 2. The zero-order chi connectivity index (χ0) is 14.3. The largest absolute Gasteiger partial charge is 0.377 e. The molecule has 0 heterocycles. The van der Waals surface area contributed by atoms with E-state index in [9.17, 15) is 14.4 Å². The minimum atomic E-state index is -0.144. The maximum absolute atomic E-state index is 11.2. The van der Waals surface area contributed by atoms with Gasteiger partial charge in [-0.2, -0.15) is 0 Å². The summed E-state index contributed by atoms with van der Waals surface area (Å²) < 4.78 is 10.4. The highest BCUT2D eigenvalue weighted by Gasteiger charge is 2.02. The molecule has 0 radical (unpaired) electrons. The number of nitrogens with one attached hydrogen (secondary N) is 2. The minimum absolute atomic E-state index is 0.00705. The van der Waals surface area contributed by atoms with Crippen LogP contribution in [0.5, 0.6) is 0 Å². The predicted octanol–water partition coefficient (Wildman–Crippen LogP) is -0.749. The van der Waals surface area contributed by atoms with E-state index in [0.717, 1.165) is 0 Å². The monoisotopic (exact) mass is 274 g/mol. The molecule has 7 nitrogen and oxygen atoms in total. The molecule has 0 rings (SSSR count). The van der Waals surface area contributed by atoms with Crippen LogP contribution in [0, 0.1) is 0 Å². The van der Waals surface area contributed by atoms with E-state index >= 15 is 0 Å². The quantitative estimate of drug-likeness (QED) is 0.340. The topological polar surface area (TPSA) is 93.7 Å². The van der Waals surface area contributed by atoms with Gasteiger partial charge < -0.3 is 24.9 Å². The maximum Gasteiger partial charge on any atom is 0.220 e. The molecule has 0 aliphatic carbocycles. The maximum atomic E-state index is 11.2. The van der Waals surface area contributed by atoms with Gasteiger partial charge in [0.2, 0.25) is 12.3 Å². The van der Waals surface area contributed by atoms with Crippen molar-refractivity contribution in [3.8, 4) is 0 Å². The average molecular weight is 274 g/mol. The van der Waals surface area contributed by atoms with Crippen LogP contribution in [0.15, 0.2) is 0 Å². The van der Waals surface area contributed by atoms with Crippen LogP contribution in [-0.4, -0.2) is 57.6 Å². The Morgan fingerprint density at radius 2 is 1.63 bits per heavy atom. The Morgan fingerprint density at radius 1 is 1.00 bits per heavy atom. The Bertz CT molecular complexity index is 271. The summed E-state index contributed by atoms with van der Waals surface area (Å²) in [6.07, 6.45) is 1.12.